The number of nitrogens with zero attached hydrogens (tertiary/aromatic N) is 3. The number of halogens is 3. The minimum atomic E-state index is -1.29. The molecule has 0 bridgehead atoms. The van der Waals surface area contributed by atoms with Crippen LogP contribution in [-0.4, -0.2) is 33.9 Å². The summed E-state index contributed by atoms with van der Waals surface area (Å²) in [5.41, 5.74) is 5.09. The zero-order valence-electron chi connectivity index (χ0n) is 20.8. The van der Waals surface area contributed by atoms with Gasteiger partial charge in [-0.2, -0.15) is 0 Å². The van der Waals surface area contributed by atoms with Gasteiger partial charge in [0.05, 0.1) is 29.1 Å². The van der Waals surface area contributed by atoms with Crippen LogP contribution in [0.3, 0.4) is 0 Å². The van der Waals surface area contributed by atoms with Crippen LogP contribution >= 0.6 is 11.6 Å². The lowest BCUT2D eigenvalue weighted by atomic mass is 10.0. The van der Waals surface area contributed by atoms with E-state index in [1.807, 2.05) is 0 Å². The van der Waals surface area contributed by atoms with Crippen molar-refractivity contribution in [3.05, 3.63) is 80.7 Å². The molecule has 0 unspecified atom stereocenters. The van der Waals surface area contributed by atoms with Crippen molar-refractivity contribution in [2.75, 3.05) is 16.5 Å². The number of benzene rings is 2. The maximum absolute atomic E-state index is 14.0. The predicted octanol–water partition coefficient (Wildman–Crippen LogP) is 4.01. The zero-order chi connectivity index (χ0) is 27.9. The zero-order valence-corrected chi connectivity index (χ0v) is 21.6. The van der Waals surface area contributed by atoms with E-state index in [0.717, 1.165) is 12.1 Å². The molecule has 4 rings (SSSR count). The highest BCUT2D eigenvalue weighted by molar-refractivity contribution is 6.31. The van der Waals surface area contributed by atoms with Gasteiger partial charge in [-0.05, 0) is 51.1 Å². The average molecular weight is 547 g/mol. The number of fused-ring (bicyclic) bond motifs is 1. The number of aryl methyl sites for hydroxylation is 1. The molecule has 0 saturated heterocycles. The molecular formula is C26H25ClF2N4O5. The maximum Gasteiger partial charge on any atom is 0.320 e. The highest BCUT2D eigenvalue weighted by Crippen LogP contribution is 2.38. The lowest BCUT2D eigenvalue weighted by Crippen LogP contribution is -2.42. The number of ether oxygens (including phenoxy) is 1. The molecule has 9 nitrogen and oxygen atoms in total. The number of rotatable bonds is 6. The van der Waals surface area contributed by atoms with Crippen LogP contribution < -0.4 is 25.8 Å². The topological polar surface area (TPSA) is 118 Å². The molecule has 3 amide bonds. The van der Waals surface area contributed by atoms with Gasteiger partial charge in [-0.25, -0.2) is 13.6 Å². The van der Waals surface area contributed by atoms with Gasteiger partial charge in [0.15, 0.2) is 0 Å². The smallest absolute Gasteiger partial charge is 0.320 e. The number of pyridine rings is 1. The van der Waals surface area contributed by atoms with Gasteiger partial charge in [0.25, 0.3) is 5.56 Å². The second-order valence-electron chi connectivity index (χ2n) is 9.52. The molecule has 1 aliphatic heterocycles. The molecule has 2 heterocycles. The summed E-state index contributed by atoms with van der Waals surface area (Å²) in [6, 6.07) is 8.43. The summed E-state index contributed by atoms with van der Waals surface area (Å²) in [5, 5.41) is 9.84. The molecule has 12 heteroatoms. The molecule has 0 aliphatic carbocycles. The average Bonchev–Trinajstić information content (AvgIpc) is 3.20. The van der Waals surface area contributed by atoms with Gasteiger partial charge in [-0.1, -0.05) is 11.6 Å². The van der Waals surface area contributed by atoms with Crippen molar-refractivity contribution < 1.29 is 28.2 Å². The number of amides is 3. The second kappa shape index (κ2) is 10.1. The van der Waals surface area contributed by atoms with Gasteiger partial charge in [0, 0.05) is 23.4 Å². The lowest BCUT2D eigenvalue weighted by Gasteiger charge is -2.23. The Labute approximate surface area is 221 Å². The van der Waals surface area contributed by atoms with Crippen LogP contribution in [0, 0.1) is 18.6 Å². The lowest BCUT2D eigenvalue weighted by molar-refractivity contribution is -0.122. The Morgan fingerprint density at radius 1 is 1.11 bits per heavy atom. The Morgan fingerprint density at radius 3 is 2.45 bits per heavy atom. The summed E-state index contributed by atoms with van der Waals surface area (Å²) >= 11 is 6.31. The summed E-state index contributed by atoms with van der Waals surface area (Å²) in [6.07, 6.45) is -0.214. The number of hydrogen-bond donors (Lipinski definition) is 2. The first-order valence-electron chi connectivity index (χ1n) is 11.5. The van der Waals surface area contributed by atoms with Crippen LogP contribution in [-0.2, 0) is 11.4 Å². The normalized spacial score (nSPS) is 13.0. The van der Waals surface area contributed by atoms with E-state index in [4.69, 9.17) is 22.1 Å². The maximum atomic E-state index is 14.0. The number of anilines is 2. The fourth-order valence-corrected chi connectivity index (χ4v) is 4.35. The number of carbonyl (C=O) groups is 2. The molecule has 200 valence electrons. The van der Waals surface area contributed by atoms with Crippen LogP contribution in [0.5, 0.6) is 5.75 Å². The van der Waals surface area contributed by atoms with Crippen molar-refractivity contribution in [3.63, 3.8) is 0 Å². The summed E-state index contributed by atoms with van der Waals surface area (Å²) in [5.74, 6) is -1.95. The Hall–Kier alpha value is -3.96. The van der Waals surface area contributed by atoms with Crippen molar-refractivity contribution in [3.8, 4) is 11.4 Å². The van der Waals surface area contributed by atoms with Crippen molar-refractivity contribution >= 4 is 34.9 Å². The van der Waals surface area contributed by atoms with E-state index >= 15 is 0 Å². The quantitative estimate of drug-likeness (QED) is 0.484. The number of nitrogens with two attached hydrogens (primary N) is 1. The molecule has 1 aliphatic rings. The van der Waals surface area contributed by atoms with Gasteiger partial charge in [-0.15, -0.1) is 0 Å². The predicted molar refractivity (Wildman–Crippen MR) is 138 cm³/mol. The van der Waals surface area contributed by atoms with Crippen molar-refractivity contribution in [2.45, 2.75) is 39.4 Å². The fraction of sp³-hybridized carbons (Fsp3) is 0.269. The van der Waals surface area contributed by atoms with Crippen LogP contribution in [0.15, 0.2) is 47.3 Å². The number of primary amides is 1. The monoisotopic (exact) mass is 546 g/mol. The Kier molecular flexibility index (Phi) is 7.18. The van der Waals surface area contributed by atoms with Crippen molar-refractivity contribution in [1.82, 2.24) is 4.57 Å². The molecule has 0 radical (unpaired) electrons. The SMILES string of the molecule is Cc1cc(OCc2ccc(F)cc2F)c(Cl)c(=O)n1-c1ccc2c(c1)N(C(=O)CC(C)(C)O)CN2C(N)=O. The molecule has 0 fully saturated rings. The summed E-state index contributed by atoms with van der Waals surface area (Å²) in [7, 11) is 0. The first-order valence-corrected chi connectivity index (χ1v) is 11.9. The highest BCUT2D eigenvalue weighted by atomic mass is 35.5. The molecule has 0 atom stereocenters. The number of aromatic nitrogens is 1. The summed E-state index contributed by atoms with van der Waals surface area (Å²) in [6.45, 7) is 4.18. The van der Waals surface area contributed by atoms with E-state index in [9.17, 15) is 28.3 Å². The van der Waals surface area contributed by atoms with E-state index in [0.29, 0.717) is 22.8 Å². The van der Waals surface area contributed by atoms with Gasteiger partial charge in [0.2, 0.25) is 5.91 Å². The van der Waals surface area contributed by atoms with E-state index in [-0.39, 0.29) is 36.0 Å². The van der Waals surface area contributed by atoms with E-state index in [1.165, 1.54) is 40.3 Å². The first kappa shape index (κ1) is 27.1. The number of aliphatic hydroxyl groups is 1. The van der Waals surface area contributed by atoms with Gasteiger partial charge >= 0.3 is 6.03 Å². The van der Waals surface area contributed by atoms with E-state index in [1.54, 1.807) is 25.1 Å². The molecule has 0 spiro atoms. The van der Waals surface area contributed by atoms with Gasteiger partial charge in [0.1, 0.15) is 35.7 Å². The second-order valence-corrected chi connectivity index (χ2v) is 9.90. The van der Waals surface area contributed by atoms with Crippen molar-refractivity contribution in [2.24, 2.45) is 5.73 Å². The minimum Gasteiger partial charge on any atom is -0.487 e. The Balaban J connectivity index is 1.70. The van der Waals surface area contributed by atoms with Crippen LogP contribution in [0.4, 0.5) is 25.0 Å². The number of carbonyl (C=O) groups excluding carboxylic acids is 2. The molecule has 3 aromatic rings. The molecule has 3 N–H and O–H groups in total. The number of urea groups is 1. The number of hydrogen-bond acceptors (Lipinski definition) is 5. The van der Waals surface area contributed by atoms with E-state index in [2.05, 4.69) is 0 Å². The summed E-state index contributed by atoms with van der Waals surface area (Å²) < 4.78 is 34.0. The Bertz CT molecular complexity index is 1500. The molecule has 0 saturated carbocycles. The molecule has 1 aromatic heterocycles. The largest absolute Gasteiger partial charge is 0.487 e. The first-order chi connectivity index (χ1) is 17.8. The molecule has 2 aromatic carbocycles. The standard InChI is InChI=1S/C26H25ClF2N4O5/c1-14-8-21(38-12-15-4-5-16(28)9-18(15)29)23(27)24(35)33(14)17-6-7-19-20(10-17)31(13-32(19)25(30)36)22(34)11-26(2,3)37/h4-10,37H,11-13H2,1-3H3,(H2,30,36). The molecule has 38 heavy (non-hydrogen) atoms. The van der Waals surface area contributed by atoms with Crippen LogP contribution in [0.2, 0.25) is 5.02 Å². The van der Waals surface area contributed by atoms with E-state index < -0.39 is 34.7 Å². The summed E-state index contributed by atoms with van der Waals surface area (Å²) in [4.78, 5) is 40.7. The van der Waals surface area contributed by atoms with Crippen molar-refractivity contribution in [1.29, 1.82) is 0 Å². The van der Waals surface area contributed by atoms with Gasteiger partial charge < -0.3 is 15.6 Å². The fourth-order valence-electron chi connectivity index (χ4n) is 4.16. The van der Waals surface area contributed by atoms with Crippen LogP contribution in [0.1, 0.15) is 31.5 Å². The van der Waals surface area contributed by atoms with Crippen LogP contribution in [0.25, 0.3) is 5.69 Å². The third-order valence-electron chi connectivity index (χ3n) is 5.93. The minimum absolute atomic E-state index is 0.0113. The Morgan fingerprint density at radius 2 is 1.82 bits per heavy atom. The third-order valence-corrected chi connectivity index (χ3v) is 6.28. The molecular weight excluding hydrogens is 522 g/mol. The highest BCUT2D eigenvalue weighted by Gasteiger charge is 2.35. The third kappa shape index (κ3) is 5.34. The van der Waals surface area contributed by atoms with Gasteiger partial charge in [-0.3, -0.25) is 24.0 Å².